The molecule has 6 nitrogen and oxygen atoms in total. The van der Waals surface area contributed by atoms with Gasteiger partial charge in [-0.3, -0.25) is 9.48 Å². The number of benzene rings is 1. The predicted molar refractivity (Wildman–Crippen MR) is 94.9 cm³/mol. The summed E-state index contributed by atoms with van der Waals surface area (Å²) >= 11 is 0. The van der Waals surface area contributed by atoms with Gasteiger partial charge in [-0.2, -0.15) is 5.10 Å². The van der Waals surface area contributed by atoms with E-state index >= 15 is 0 Å². The molecule has 0 unspecified atom stereocenters. The molecule has 1 amide bonds. The third kappa shape index (κ3) is 3.74. The molecule has 0 spiro atoms. The molecule has 130 valence electrons. The Hall–Kier alpha value is -3.02. The van der Waals surface area contributed by atoms with Gasteiger partial charge in [-0.25, -0.2) is 0 Å². The van der Waals surface area contributed by atoms with Gasteiger partial charge in [0.1, 0.15) is 11.5 Å². The van der Waals surface area contributed by atoms with Crippen molar-refractivity contribution in [1.82, 2.24) is 9.78 Å². The van der Waals surface area contributed by atoms with Crippen molar-refractivity contribution < 1.29 is 14.3 Å². The quantitative estimate of drug-likeness (QED) is 0.691. The van der Waals surface area contributed by atoms with Gasteiger partial charge in [0.25, 0.3) is 5.91 Å². The summed E-state index contributed by atoms with van der Waals surface area (Å²) in [5, 5.41) is 17.0. The van der Waals surface area contributed by atoms with Crippen molar-refractivity contribution in [2.24, 2.45) is 0 Å². The van der Waals surface area contributed by atoms with Gasteiger partial charge in [0.15, 0.2) is 5.76 Å². The normalized spacial score (nSPS) is 11.0. The summed E-state index contributed by atoms with van der Waals surface area (Å²) in [5.74, 6) is 0.959. The number of hydrogen-bond donors (Lipinski definition) is 2. The minimum atomic E-state index is -0.324. The Balaban J connectivity index is 1.76. The van der Waals surface area contributed by atoms with Gasteiger partial charge in [-0.1, -0.05) is 13.8 Å². The molecule has 6 heteroatoms. The fraction of sp³-hybridized carbons (Fsp3) is 0.263. The zero-order valence-electron chi connectivity index (χ0n) is 14.5. The third-order valence-corrected chi connectivity index (χ3v) is 4.01. The zero-order valence-corrected chi connectivity index (χ0v) is 14.5. The average Bonchev–Trinajstić information content (AvgIpc) is 3.22. The van der Waals surface area contributed by atoms with Crippen LogP contribution in [0, 0.1) is 6.92 Å². The van der Waals surface area contributed by atoms with Crippen molar-refractivity contribution in [2.45, 2.75) is 33.2 Å². The smallest absolute Gasteiger partial charge is 0.291 e. The van der Waals surface area contributed by atoms with Gasteiger partial charge < -0.3 is 14.8 Å². The summed E-state index contributed by atoms with van der Waals surface area (Å²) in [6.45, 7) is 6.29. The number of aromatic hydroxyl groups is 1. The number of nitrogens with one attached hydrogen (secondary N) is 1. The van der Waals surface area contributed by atoms with Gasteiger partial charge in [0.2, 0.25) is 0 Å². The minimum Gasteiger partial charge on any atom is -0.508 e. The fourth-order valence-corrected chi connectivity index (χ4v) is 2.63. The monoisotopic (exact) mass is 339 g/mol. The highest BCUT2D eigenvalue weighted by molar-refractivity contribution is 6.02. The molecule has 2 aromatic heterocycles. The summed E-state index contributed by atoms with van der Waals surface area (Å²) in [5.41, 5.74) is 2.25. The Kier molecular flexibility index (Phi) is 4.61. The summed E-state index contributed by atoms with van der Waals surface area (Å²) in [6.07, 6.45) is 3.52. The van der Waals surface area contributed by atoms with Crippen molar-refractivity contribution in [3.63, 3.8) is 0 Å². The third-order valence-electron chi connectivity index (χ3n) is 4.01. The molecule has 0 fully saturated rings. The molecular formula is C19H21N3O3. The largest absolute Gasteiger partial charge is 0.508 e. The highest BCUT2D eigenvalue weighted by Gasteiger charge is 2.15. The van der Waals surface area contributed by atoms with E-state index in [0.717, 1.165) is 11.1 Å². The first-order valence-corrected chi connectivity index (χ1v) is 8.15. The number of carbonyl (C=O) groups excluding carboxylic acids is 1. The van der Waals surface area contributed by atoms with Crippen molar-refractivity contribution in [3.8, 4) is 5.75 Å². The standard InChI is InChI=1S/C19H21N3O3/c1-12(2)15-10-16(13(3)9-17(15)23)21-19(24)18-6-5-14(25-18)11-22-8-4-7-20-22/h4-10,12,23H,11H2,1-3H3,(H,21,24). The van der Waals surface area contributed by atoms with Crippen LogP contribution in [0.25, 0.3) is 0 Å². The van der Waals surface area contributed by atoms with Crippen LogP contribution in [0.15, 0.2) is 47.1 Å². The van der Waals surface area contributed by atoms with Gasteiger partial charge >= 0.3 is 0 Å². The van der Waals surface area contributed by atoms with Crippen molar-refractivity contribution in [2.75, 3.05) is 5.32 Å². The van der Waals surface area contributed by atoms with Crippen LogP contribution in [-0.2, 0) is 6.54 Å². The first kappa shape index (κ1) is 16.8. The van der Waals surface area contributed by atoms with Crippen LogP contribution in [0.3, 0.4) is 0 Å². The molecule has 3 rings (SSSR count). The maximum Gasteiger partial charge on any atom is 0.291 e. The van der Waals surface area contributed by atoms with E-state index in [-0.39, 0.29) is 23.3 Å². The number of aromatic nitrogens is 2. The maximum absolute atomic E-state index is 12.5. The lowest BCUT2D eigenvalue weighted by molar-refractivity contribution is 0.0994. The second kappa shape index (κ2) is 6.84. The van der Waals surface area contributed by atoms with Crippen molar-refractivity contribution in [1.29, 1.82) is 0 Å². The molecule has 0 radical (unpaired) electrons. The van der Waals surface area contributed by atoms with Crippen molar-refractivity contribution in [3.05, 3.63) is 65.4 Å². The molecule has 3 aromatic rings. The van der Waals surface area contributed by atoms with E-state index < -0.39 is 0 Å². The molecule has 25 heavy (non-hydrogen) atoms. The molecule has 2 heterocycles. The number of carbonyl (C=O) groups is 1. The molecule has 0 atom stereocenters. The van der Waals surface area contributed by atoms with Crippen LogP contribution in [0.5, 0.6) is 5.75 Å². The molecular weight excluding hydrogens is 318 g/mol. The van der Waals surface area contributed by atoms with Crippen LogP contribution in [-0.4, -0.2) is 20.8 Å². The number of phenolic OH excluding ortho intramolecular Hbond substituents is 1. The Bertz CT molecular complexity index is 879. The Morgan fingerprint density at radius 3 is 2.84 bits per heavy atom. The van der Waals surface area contributed by atoms with E-state index in [1.54, 1.807) is 35.1 Å². The van der Waals surface area contributed by atoms with Gasteiger partial charge in [0, 0.05) is 18.1 Å². The fourth-order valence-electron chi connectivity index (χ4n) is 2.63. The van der Waals surface area contributed by atoms with E-state index in [2.05, 4.69) is 10.4 Å². The number of hydrogen-bond acceptors (Lipinski definition) is 4. The van der Waals surface area contributed by atoms with Crippen molar-refractivity contribution >= 4 is 11.6 Å². The highest BCUT2D eigenvalue weighted by atomic mass is 16.4. The number of phenols is 1. The van der Waals surface area contributed by atoms with Gasteiger partial charge in [-0.15, -0.1) is 0 Å². The lowest BCUT2D eigenvalue weighted by Crippen LogP contribution is -2.12. The Labute approximate surface area is 146 Å². The van der Waals surface area contributed by atoms with E-state index in [1.165, 1.54) is 0 Å². The van der Waals surface area contributed by atoms with Crippen LogP contribution >= 0.6 is 0 Å². The molecule has 0 saturated heterocycles. The van der Waals surface area contributed by atoms with Crippen LogP contribution in [0.1, 0.15) is 47.2 Å². The maximum atomic E-state index is 12.5. The molecule has 0 aliphatic rings. The number of furan rings is 1. The minimum absolute atomic E-state index is 0.153. The molecule has 0 aliphatic heterocycles. The first-order valence-electron chi connectivity index (χ1n) is 8.15. The first-order chi connectivity index (χ1) is 11.9. The van der Waals surface area contributed by atoms with Gasteiger partial charge in [-0.05, 0) is 54.3 Å². The SMILES string of the molecule is Cc1cc(O)c(C(C)C)cc1NC(=O)c1ccc(Cn2cccn2)o1. The molecule has 0 bridgehead atoms. The number of aryl methyl sites for hydroxylation is 1. The number of rotatable bonds is 5. The van der Waals surface area contributed by atoms with Crippen LogP contribution in [0.4, 0.5) is 5.69 Å². The predicted octanol–water partition coefficient (Wildman–Crippen LogP) is 3.91. The molecule has 2 N–H and O–H groups in total. The van der Waals surface area contributed by atoms with Crippen LogP contribution < -0.4 is 5.32 Å². The zero-order chi connectivity index (χ0) is 18.0. The Morgan fingerprint density at radius 2 is 2.16 bits per heavy atom. The Morgan fingerprint density at radius 1 is 1.36 bits per heavy atom. The topological polar surface area (TPSA) is 80.3 Å². The summed E-state index contributed by atoms with van der Waals surface area (Å²) in [7, 11) is 0. The van der Waals surface area contributed by atoms with E-state index in [4.69, 9.17) is 4.42 Å². The van der Waals surface area contributed by atoms with Gasteiger partial charge in [0.05, 0.1) is 6.54 Å². The highest BCUT2D eigenvalue weighted by Crippen LogP contribution is 2.31. The van der Waals surface area contributed by atoms with E-state index in [9.17, 15) is 9.90 Å². The molecule has 0 aliphatic carbocycles. The van der Waals surface area contributed by atoms with E-state index in [0.29, 0.717) is 18.0 Å². The number of nitrogens with zero attached hydrogens (tertiary/aromatic N) is 2. The average molecular weight is 339 g/mol. The molecule has 0 saturated carbocycles. The van der Waals surface area contributed by atoms with E-state index in [1.807, 2.05) is 33.0 Å². The lowest BCUT2D eigenvalue weighted by Gasteiger charge is -2.14. The summed E-state index contributed by atoms with van der Waals surface area (Å²) in [4.78, 5) is 12.5. The lowest BCUT2D eigenvalue weighted by atomic mass is 9.99. The van der Waals surface area contributed by atoms with Crippen LogP contribution in [0.2, 0.25) is 0 Å². The molecule has 1 aromatic carbocycles. The summed E-state index contributed by atoms with van der Waals surface area (Å²) in [6, 6.07) is 8.71. The number of amides is 1. The summed E-state index contributed by atoms with van der Waals surface area (Å²) < 4.78 is 7.33. The second-order valence-corrected chi connectivity index (χ2v) is 6.30. The second-order valence-electron chi connectivity index (χ2n) is 6.30. The number of anilines is 1.